The Kier molecular flexibility index (Phi) is 5.01. The Labute approximate surface area is 136 Å². The summed E-state index contributed by atoms with van der Waals surface area (Å²) in [5.74, 6) is -0.176. The first-order valence-corrected chi connectivity index (χ1v) is 9.57. The van der Waals surface area contributed by atoms with Crippen molar-refractivity contribution in [3.63, 3.8) is 0 Å². The third-order valence-electron chi connectivity index (χ3n) is 4.63. The average molecular weight is 343 g/mol. The molecule has 128 valence electrons. The average Bonchev–Trinajstić information content (AvgIpc) is 2.91. The van der Waals surface area contributed by atoms with Crippen LogP contribution in [0.25, 0.3) is 0 Å². The van der Waals surface area contributed by atoms with Crippen molar-refractivity contribution in [2.24, 2.45) is 5.92 Å². The van der Waals surface area contributed by atoms with Crippen molar-refractivity contribution in [3.05, 3.63) is 35.6 Å². The molecule has 3 rings (SSSR count). The monoisotopic (exact) mass is 343 g/mol. The third-order valence-corrected chi connectivity index (χ3v) is 6.64. The molecule has 0 saturated carbocycles. The standard InChI is InChI=1S/C16H22FNO4S/c17-14-3-1-13(2-4-14)16-9-15(19)10-18(16)23(20,21)11-12-5-7-22-8-6-12/h1-4,12,15-16,19H,5-11H2/t15-,16-/m0/s1. The fraction of sp³-hybridized carbons (Fsp3) is 0.625. The minimum atomic E-state index is -3.48. The van der Waals surface area contributed by atoms with Crippen LogP contribution in [0.2, 0.25) is 0 Å². The maximum absolute atomic E-state index is 13.1. The van der Waals surface area contributed by atoms with Crippen molar-refractivity contribution >= 4 is 10.0 Å². The number of aliphatic hydroxyl groups excluding tert-OH is 1. The van der Waals surface area contributed by atoms with Gasteiger partial charge in [-0.2, -0.15) is 4.31 Å². The van der Waals surface area contributed by atoms with Gasteiger partial charge in [0, 0.05) is 19.8 Å². The molecule has 0 aromatic heterocycles. The highest BCUT2D eigenvalue weighted by atomic mass is 32.2. The van der Waals surface area contributed by atoms with Gasteiger partial charge < -0.3 is 9.84 Å². The van der Waals surface area contributed by atoms with Crippen LogP contribution in [0.1, 0.15) is 30.9 Å². The largest absolute Gasteiger partial charge is 0.392 e. The molecule has 2 heterocycles. The normalized spacial score (nSPS) is 27.4. The molecule has 1 aromatic carbocycles. The van der Waals surface area contributed by atoms with Crippen molar-refractivity contribution in [2.75, 3.05) is 25.5 Å². The van der Waals surface area contributed by atoms with Crippen molar-refractivity contribution in [2.45, 2.75) is 31.4 Å². The molecule has 0 spiro atoms. The molecule has 0 unspecified atom stereocenters. The first-order chi connectivity index (χ1) is 11.0. The van der Waals surface area contributed by atoms with E-state index in [1.807, 2.05) is 0 Å². The van der Waals surface area contributed by atoms with E-state index in [0.717, 1.165) is 18.4 Å². The van der Waals surface area contributed by atoms with Crippen LogP contribution in [0.3, 0.4) is 0 Å². The SMILES string of the molecule is O=S(=O)(CC1CCOCC1)N1C[C@@H](O)C[C@H]1c1ccc(F)cc1. The van der Waals surface area contributed by atoms with E-state index in [-0.39, 0.29) is 24.0 Å². The summed E-state index contributed by atoms with van der Waals surface area (Å²) in [5.41, 5.74) is 0.721. The lowest BCUT2D eigenvalue weighted by molar-refractivity contribution is 0.0720. The summed E-state index contributed by atoms with van der Waals surface area (Å²) in [6.07, 6.45) is 1.15. The smallest absolute Gasteiger partial charge is 0.215 e. The highest BCUT2D eigenvalue weighted by molar-refractivity contribution is 7.89. The number of β-amino-alcohol motifs (C(OH)–C–C–N with tert-alkyl or cyclic N) is 1. The van der Waals surface area contributed by atoms with Crippen LogP contribution in [0.5, 0.6) is 0 Å². The van der Waals surface area contributed by atoms with Gasteiger partial charge in [-0.1, -0.05) is 12.1 Å². The summed E-state index contributed by atoms with van der Waals surface area (Å²) >= 11 is 0. The highest BCUT2D eigenvalue weighted by Gasteiger charge is 2.40. The van der Waals surface area contributed by atoms with Crippen molar-refractivity contribution in [1.82, 2.24) is 4.31 Å². The second-order valence-electron chi connectivity index (χ2n) is 6.36. The summed E-state index contributed by atoms with van der Waals surface area (Å²) in [6.45, 7) is 1.31. The molecule has 0 bridgehead atoms. The molecule has 0 amide bonds. The zero-order chi connectivity index (χ0) is 16.4. The van der Waals surface area contributed by atoms with Gasteiger partial charge in [0.1, 0.15) is 5.82 Å². The van der Waals surface area contributed by atoms with Crippen molar-refractivity contribution in [3.8, 4) is 0 Å². The molecule has 2 atom stereocenters. The Balaban J connectivity index is 1.79. The Morgan fingerprint density at radius 3 is 2.52 bits per heavy atom. The topological polar surface area (TPSA) is 66.8 Å². The van der Waals surface area contributed by atoms with E-state index < -0.39 is 22.2 Å². The summed E-state index contributed by atoms with van der Waals surface area (Å²) in [6, 6.07) is 5.41. The fourth-order valence-corrected chi connectivity index (χ4v) is 5.50. The van der Waals surface area contributed by atoms with E-state index in [4.69, 9.17) is 4.74 Å². The molecule has 5 nitrogen and oxygen atoms in total. The molecule has 2 aliphatic rings. The van der Waals surface area contributed by atoms with Crippen LogP contribution < -0.4 is 0 Å². The second-order valence-corrected chi connectivity index (χ2v) is 8.33. The number of ether oxygens (including phenoxy) is 1. The number of hydrogen-bond donors (Lipinski definition) is 1. The summed E-state index contributed by atoms with van der Waals surface area (Å²) < 4.78 is 45.4. The quantitative estimate of drug-likeness (QED) is 0.903. The maximum atomic E-state index is 13.1. The van der Waals surface area contributed by atoms with Crippen LogP contribution in [0.4, 0.5) is 4.39 Å². The number of benzene rings is 1. The molecule has 0 radical (unpaired) electrons. The minimum absolute atomic E-state index is 0.0841. The van der Waals surface area contributed by atoms with Gasteiger partial charge >= 0.3 is 0 Å². The van der Waals surface area contributed by atoms with Gasteiger partial charge in [0.25, 0.3) is 0 Å². The number of aliphatic hydroxyl groups is 1. The van der Waals surface area contributed by atoms with Crippen LogP contribution in [-0.2, 0) is 14.8 Å². The van der Waals surface area contributed by atoms with Gasteiger partial charge in [0.15, 0.2) is 0 Å². The van der Waals surface area contributed by atoms with E-state index in [2.05, 4.69) is 0 Å². The number of rotatable bonds is 4. The lowest BCUT2D eigenvalue weighted by Gasteiger charge is -2.28. The van der Waals surface area contributed by atoms with Crippen LogP contribution in [-0.4, -0.2) is 49.4 Å². The predicted molar refractivity (Wildman–Crippen MR) is 83.8 cm³/mol. The molecule has 0 aliphatic carbocycles. The first kappa shape index (κ1) is 16.8. The van der Waals surface area contributed by atoms with Gasteiger partial charge in [0.05, 0.1) is 17.9 Å². The summed E-state index contributed by atoms with van der Waals surface area (Å²) in [4.78, 5) is 0. The maximum Gasteiger partial charge on any atom is 0.215 e. The summed E-state index contributed by atoms with van der Waals surface area (Å²) in [7, 11) is -3.48. The molecular weight excluding hydrogens is 321 g/mol. The predicted octanol–water partition coefficient (Wildman–Crippen LogP) is 1.69. The molecular formula is C16H22FNO4S. The number of nitrogens with zero attached hydrogens (tertiary/aromatic N) is 1. The van der Waals surface area contributed by atoms with E-state index in [0.29, 0.717) is 19.6 Å². The van der Waals surface area contributed by atoms with E-state index in [9.17, 15) is 17.9 Å². The molecule has 23 heavy (non-hydrogen) atoms. The Morgan fingerprint density at radius 2 is 1.87 bits per heavy atom. The van der Waals surface area contributed by atoms with E-state index in [1.54, 1.807) is 12.1 Å². The van der Waals surface area contributed by atoms with Gasteiger partial charge in [-0.3, -0.25) is 0 Å². The van der Waals surface area contributed by atoms with E-state index in [1.165, 1.54) is 16.4 Å². The summed E-state index contributed by atoms with van der Waals surface area (Å²) in [5, 5.41) is 9.95. The molecule has 1 N–H and O–H groups in total. The highest BCUT2D eigenvalue weighted by Crippen LogP contribution is 2.35. The Bertz CT molecular complexity index is 628. The Morgan fingerprint density at radius 1 is 1.22 bits per heavy atom. The Hall–Kier alpha value is -1.02. The lowest BCUT2D eigenvalue weighted by Crippen LogP contribution is -2.37. The van der Waals surface area contributed by atoms with Gasteiger partial charge in [-0.25, -0.2) is 12.8 Å². The van der Waals surface area contributed by atoms with Gasteiger partial charge in [-0.05, 0) is 42.9 Å². The van der Waals surface area contributed by atoms with Gasteiger partial charge in [-0.15, -0.1) is 0 Å². The zero-order valence-electron chi connectivity index (χ0n) is 12.9. The molecule has 7 heteroatoms. The van der Waals surface area contributed by atoms with Crippen LogP contribution in [0, 0.1) is 11.7 Å². The minimum Gasteiger partial charge on any atom is -0.392 e. The number of sulfonamides is 1. The molecule has 2 aliphatic heterocycles. The number of hydrogen-bond acceptors (Lipinski definition) is 4. The lowest BCUT2D eigenvalue weighted by atomic mass is 10.0. The van der Waals surface area contributed by atoms with Crippen LogP contribution in [0.15, 0.2) is 24.3 Å². The third kappa shape index (κ3) is 3.91. The van der Waals surface area contributed by atoms with Gasteiger partial charge in [0.2, 0.25) is 10.0 Å². The fourth-order valence-electron chi connectivity index (χ4n) is 3.39. The first-order valence-electron chi connectivity index (χ1n) is 7.96. The zero-order valence-corrected chi connectivity index (χ0v) is 13.7. The number of halogens is 1. The molecule has 1 aromatic rings. The second kappa shape index (κ2) is 6.84. The van der Waals surface area contributed by atoms with Crippen LogP contribution >= 0.6 is 0 Å². The molecule has 2 fully saturated rings. The van der Waals surface area contributed by atoms with Crippen molar-refractivity contribution < 1.29 is 22.7 Å². The van der Waals surface area contributed by atoms with E-state index >= 15 is 0 Å². The molecule has 2 saturated heterocycles. The van der Waals surface area contributed by atoms with Crippen molar-refractivity contribution in [1.29, 1.82) is 0 Å².